The van der Waals surface area contributed by atoms with E-state index in [1.807, 2.05) is 201 Å². The molecule has 17 aromatic rings. The molecule has 0 fully saturated rings. The van der Waals surface area contributed by atoms with Gasteiger partial charge in [-0.15, -0.1) is 0 Å². The van der Waals surface area contributed by atoms with E-state index in [9.17, 15) is 0 Å². The Hall–Kier alpha value is -14.0. The topological polar surface area (TPSA) is 129 Å². The SMILES string of the molecule is c1ccc(-c2cc(-c3ccc(-c4nc(-c5ccccc5)cc(-c5ccccc5)n4)cn3)nc(-c3ncccc3-c3ccccc3)c2)cc1.c1ccc(-c2cc(-c3ccccc3)nc(-c3cc(-c4ccccc4)cc(-c4ccc(-c5nc(-c6ccccc6)cc(-c6ccccc6)n5)cn4)n3)c2)cc1. The van der Waals surface area contributed by atoms with E-state index in [2.05, 4.69) is 176 Å². The van der Waals surface area contributed by atoms with Gasteiger partial charge in [0.15, 0.2) is 11.6 Å². The molecule has 0 saturated heterocycles. The fraction of sp³-hybridized carbons (Fsp3) is 0. The lowest BCUT2D eigenvalue weighted by atomic mass is 9.98. The molecule has 0 saturated carbocycles. The van der Waals surface area contributed by atoms with Crippen LogP contribution < -0.4 is 0 Å². The van der Waals surface area contributed by atoms with E-state index >= 15 is 0 Å². The Morgan fingerprint density at radius 3 is 0.735 bits per heavy atom. The summed E-state index contributed by atoms with van der Waals surface area (Å²) in [5.41, 5.74) is 25.8. The molecule has 0 bridgehead atoms. The summed E-state index contributed by atoms with van der Waals surface area (Å²) in [6.07, 6.45) is 5.49. The predicted octanol–water partition coefficient (Wildman–Crippen LogP) is 22.3. The van der Waals surface area contributed by atoms with Gasteiger partial charge in [0, 0.05) is 63.1 Å². The van der Waals surface area contributed by atoms with Crippen molar-refractivity contribution >= 4 is 0 Å². The van der Waals surface area contributed by atoms with Crippen LogP contribution in [0, 0.1) is 0 Å². The second-order valence-electron chi connectivity index (χ2n) is 24.4. The summed E-state index contributed by atoms with van der Waals surface area (Å²) in [6.45, 7) is 0. The minimum absolute atomic E-state index is 0.608. The molecule has 0 unspecified atom stereocenters. The first-order valence-electron chi connectivity index (χ1n) is 33.7. The van der Waals surface area contributed by atoms with Gasteiger partial charge in [-0.3, -0.25) is 15.0 Å². The lowest BCUT2D eigenvalue weighted by Crippen LogP contribution is -1.98. The van der Waals surface area contributed by atoms with Crippen molar-refractivity contribution in [1.29, 1.82) is 0 Å². The van der Waals surface area contributed by atoms with Crippen molar-refractivity contribution in [2.45, 2.75) is 0 Å². The Morgan fingerprint density at radius 2 is 0.412 bits per heavy atom. The van der Waals surface area contributed by atoms with Gasteiger partial charge >= 0.3 is 0 Å². The van der Waals surface area contributed by atoms with Gasteiger partial charge < -0.3 is 0 Å². The molecule has 480 valence electrons. The molecule has 0 atom stereocenters. The van der Waals surface area contributed by atoms with Crippen molar-refractivity contribution in [3.8, 4) is 169 Å². The van der Waals surface area contributed by atoms with Crippen LogP contribution in [0.1, 0.15) is 0 Å². The normalized spacial score (nSPS) is 10.9. The number of nitrogens with zero attached hydrogens (tertiary/aromatic N) is 10. The fourth-order valence-electron chi connectivity index (χ4n) is 12.4. The summed E-state index contributed by atoms with van der Waals surface area (Å²) in [5, 5.41) is 0. The van der Waals surface area contributed by atoms with Gasteiger partial charge in [-0.05, 0) is 118 Å². The summed E-state index contributed by atoms with van der Waals surface area (Å²) in [4.78, 5) is 50.2. The largest absolute Gasteiger partial charge is 0.254 e. The maximum absolute atomic E-state index is 5.22. The summed E-state index contributed by atoms with van der Waals surface area (Å²) >= 11 is 0. The van der Waals surface area contributed by atoms with Gasteiger partial charge in [0.25, 0.3) is 0 Å². The van der Waals surface area contributed by atoms with Crippen LogP contribution in [0.25, 0.3) is 169 Å². The van der Waals surface area contributed by atoms with Crippen molar-refractivity contribution in [2.75, 3.05) is 0 Å². The lowest BCUT2D eigenvalue weighted by Gasteiger charge is -2.13. The van der Waals surface area contributed by atoms with Crippen LogP contribution in [0.4, 0.5) is 0 Å². The lowest BCUT2D eigenvalue weighted by molar-refractivity contribution is 1.17. The fourth-order valence-corrected chi connectivity index (χ4v) is 12.4. The van der Waals surface area contributed by atoms with Crippen LogP contribution in [0.2, 0.25) is 0 Å². The van der Waals surface area contributed by atoms with Crippen molar-refractivity contribution in [1.82, 2.24) is 49.8 Å². The van der Waals surface area contributed by atoms with E-state index in [4.69, 9.17) is 49.8 Å². The highest BCUT2D eigenvalue weighted by Crippen LogP contribution is 2.38. The average Bonchev–Trinajstić information content (AvgIpc) is 0.793. The Kier molecular flexibility index (Phi) is 18.1. The first kappa shape index (κ1) is 62.8. The number of rotatable bonds is 15. The zero-order valence-electron chi connectivity index (χ0n) is 55.3. The van der Waals surface area contributed by atoms with Crippen molar-refractivity contribution in [3.05, 3.63) is 377 Å². The smallest absolute Gasteiger partial charge is 0.161 e. The van der Waals surface area contributed by atoms with E-state index in [0.717, 1.165) is 157 Å². The Balaban J connectivity index is 0.000000159. The van der Waals surface area contributed by atoms with Crippen LogP contribution in [0.5, 0.6) is 0 Å². The van der Waals surface area contributed by atoms with Gasteiger partial charge in [0.1, 0.15) is 0 Å². The molecule has 0 aliphatic carbocycles. The standard InChI is InChI=1S/C49H33N5.C43H29N5/c1-6-16-34(17-7-1)40-28-43(36-20-10-3-11-21-36)51-47(30-40)48-31-41(35-18-8-2-9-19-35)29-46(52-48)42-27-26-39(33-50-42)49-53-44(37-22-12-4-13-23-37)32-45(54-49)38-24-14-5-15-25-38;1-5-14-30(15-6-1)35-26-40(46-41(27-35)42-36(22-13-25-44-42)31-16-7-2-8-17-31)37-24-23-34(29-45-37)43-47-38(32-18-9-3-10-19-32)28-39(48-43)33-20-11-4-12-21-33/h1-33H;1-29H. The van der Waals surface area contributed by atoms with Crippen molar-refractivity contribution in [3.63, 3.8) is 0 Å². The molecule has 0 N–H and O–H groups in total. The summed E-state index contributed by atoms with van der Waals surface area (Å²) in [7, 11) is 0. The van der Waals surface area contributed by atoms with Gasteiger partial charge in [-0.1, -0.05) is 279 Å². The number of benzene rings is 9. The summed E-state index contributed by atoms with van der Waals surface area (Å²) in [5.74, 6) is 1.22. The number of pyridine rings is 6. The van der Waals surface area contributed by atoms with E-state index in [-0.39, 0.29) is 0 Å². The Labute approximate surface area is 592 Å². The van der Waals surface area contributed by atoms with Crippen LogP contribution in [0.3, 0.4) is 0 Å². The molecular weight excluding hydrogens is 1250 g/mol. The molecule has 10 nitrogen and oxygen atoms in total. The third kappa shape index (κ3) is 14.2. The third-order valence-corrected chi connectivity index (χ3v) is 17.6. The van der Waals surface area contributed by atoms with E-state index in [0.29, 0.717) is 11.6 Å². The van der Waals surface area contributed by atoms with E-state index in [1.165, 1.54) is 0 Å². The zero-order chi connectivity index (χ0) is 68.2. The first-order chi connectivity index (χ1) is 50.5. The van der Waals surface area contributed by atoms with Gasteiger partial charge in [0.2, 0.25) is 0 Å². The summed E-state index contributed by atoms with van der Waals surface area (Å²) in [6, 6.07) is 121. The minimum atomic E-state index is 0.608. The summed E-state index contributed by atoms with van der Waals surface area (Å²) < 4.78 is 0. The second kappa shape index (κ2) is 29.4. The molecule has 17 rings (SSSR count). The monoisotopic (exact) mass is 1310 g/mol. The molecule has 8 heterocycles. The van der Waals surface area contributed by atoms with Crippen LogP contribution in [-0.4, -0.2) is 49.8 Å². The quantitative estimate of drug-likeness (QED) is 0.0978. The zero-order valence-corrected chi connectivity index (χ0v) is 55.3. The highest BCUT2D eigenvalue weighted by Gasteiger charge is 2.20. The molecule has 0 amide bonds. The third-order valence-electron chi connectivity index (χ3n) is 17.6. The van der Waals surface area contributed by atoms with Crippen molar-refractivity contribution in [2.24, 2.45) is 0 Å². The number of hydrogen-bond acceptors (Lipinski definition) is 10. The molecule has 0 aliphatic heterocycles. The minimum Gasteiger partial charge on any atom is -0.254 e. The molecule has 0 aliphatic rings. The highest BCUT2D eigenvalue weighted by atomic mass is 14.9. The van der Waals surface area contributed by atoms with Crippen LogP contribution in [0.15, 0.2) is 377 Å². The first-order valence-corrected chi connectivity index (χ1v) is 33.7. The number of aromatic nitrogens is 10. The molecule has 102 heavy (non-hydrogen) atoms. The second-order valence-corrected chi connectivity index (χ2v) is 24.4. The Bertz CT molecular complexity index is 5510. The van der Waals surface area contributed by atoms with Crippen LogP contribution in [-0.2, 0) is 0 Å². The molecular formula is C92H62N10. The van der Waals surface area contributed by atoms with Crippen LogP contribution >= 0.6 is 0 Å². The molecule has 8 aromatic heterocycles. The number of hydrogen-bond donors (Lipinski definition) is 0. The van der Waals surface area contributed by atoms with Gasteiger partial charge in [-0.25, -0.2) is 34.9 Å². The molecule has 10 heteroatoms. The maximum atomic E-state index is 5.22. The molecule has 9 aromatic carbocycles. The molecule has 0 spiro atoms. The average molecular weight is 1310 g/mol. The maximum Gasteiger partial charge on any atom is 0.161 e. The van der Waals surface area contributed by atoms with E-state index < -0.39 is 0 Å². The predicted molar refractivity (Wildman–Crippen MR) is 412 cm³/mol. The molecule has 0 radical (unpaired) electrons. The van der Waals surface area contributed by atoms with Gasteiger partial charge in [0.05, 0.1) is 74.0 Å². The van der Waals surface area contributed by atoms with E-state index in [1.54, 1.807) is 0 Å². The highest BCUT2D eigenvalue weighted by molar-refractivity contribution is 5.85. The van der Waals surface area contributed by atoms with Crippen molar-refractivity contribution < 1.29 is 0 Å². The Morgan fingerprint density at radius 1 is 0.147 bits per heavy atom. The van der Waals surface area contributed by atoms with Gasteiger partial charge in [-0.2, -0.15) is 0 Å².